The van der Waals surface area contributed by atoms with Gasteiger partial charge in [-0.25, -0.2) is 12.8 Å². The molecule has 0 aliphatic rings. The lowest BCUT2D eigenvalue weighted by Crippen LogP contribution is -2.26. The summed E-state index contributed by atoms with van der Waals surface area (Å²) in [5.74, 6) is -0.816. The zero-order valence-corrected chi connectivity index (χ0v) is 17.0. The van der Waals surface area contributed by atoms with Gasteiger partial charge in [-0.05, 0) is 61.0 Å². The van der Waals surface area contributed by atoms with Crippen LogP contribution in [0.1, 0.15) is 16.8 Å². The maximum atomic E-state index is 13.0. The molecule has 0 aliphatic carbocycles. The number of para-hydroxylation sites is 1. The second kappa shape index (κ2) is 9.89. The number of rotatable bonds is 9. The molecule has 0 aliphatic heterocycles. The lowest BCUT2D eigenvalue weighted by atomic mass is 10.2. The summed E-state index contributed by atoms with van der Waals surface area (Å²) in [7, 11) is -3.90. The highest BCUT2D eigenvalue weighted by atomic mass is 32.2. The van der Waals surface area contributed by atoms with Crippen molar-refractivity contribution < 1.29 is 17.6 Å². The van der Waals surface area contributed by atoms with Gasteiger partial charge in [-0.3, -0.25) is 9.52 Å². The zero-order valence-electron chi connectivity index (χ0n) is 16.1. The summed E-state index contributed by atoms with van der Waals surface area (Å²) < 4.78 is 40.5. The van der Waals surface area contributed by atoms with E-state index in [1.807, 2.05) is 30.3 Å². The second-order valence-corrected chi connectivity index (χ2v) is 8.22. The quantitative estimate of drug-likeness (QED) is 0.453. The van der Waals surface area contributed by atoms with Crippen molar-refractivity contribution in [3.05, 3.63) is 90.2 Å². The SMILES string of the molecule is O=C(NCCCNc1ccccc1)c1cccc(S(=O)(=O)Nc2ccc(F)cc2)c1. The van der Waals surface area contributed by atoms with Crippen LogP contribution in [-0.4, -0.2) is 27.4 Å². The van der Waals surface area contributed by atoms with Crippen molar-refractivity contribution in [3.8, 4) is 0 Å². The first kappa shape index (κ1) is 21.3. The maximum absolute atomic E-state index is 13.0. The van der Waals surface area contributed by atoms with Crippen molar-refractivity contribution in [2.75, 3.05) is 23.1 Å². The molecule has 0 heterocycles. The van der Waals surface area contributed by atoms with Crippen molar-refractivity contribution in [1.82, 2.24) is 5.32 Å². The van der Waals surface area contributed by atoms with E-state index in [1.54, 1.807) is 6.07 Å². The number of sulfonamides is 1. The molecule has 0 fully saturated rings. The summed E-state index contributed by atoms with van der Waals surface area (Å²) in [5, 5.41) is 6.04. The Kier molecular flexibility index (Phi) is 7.03. The summed E-state index contributed by atoms with van der Waals surface area (Å²) >= 11 is 0. The molecule has 0 saturated carbocycles. The molecule has 0 aromatic heterocycles. The van der Waals surface area contributed by atoms with E-state index >= 15 is 0 Å². The van der Waals surface area contributed by atoms with Gasteiger partial charge in [0, 0.05) is 30.0 Å². The monoisotopic (exact) mass is 427 g/mol. The molecule has 6 nitrogen and oxygen atoms in total. The largest absolute Gasteiger partial charge is 0.385 e. The van der Waals surface area contributed by atoms with Crippen LogP contribution >= 0.6 is 0 Å². The molecule has 0 saturated heterocycles. The molecule has 3 aromatic carbocycles. The van der Waals surface area contributed by atoms with Gasteiger partial charge in [0.1, 0.15) is 5.82 Å². The number of nitrogens with one attached hydrogen (secondary N) is 3. The van der Waals surface area contributed by atoms with Gasteiger partial charge in [-0.2, -0.15) is 0 Å². The summed E-state index contributed by atoms with van der Waals surface area (Å²) in [6.45, 7) is 1.14. The molecule has 0 bridgehead atoms. The lowest BCUT2D eigenvalue weighted by molar-refractivity contribution is 0.0953. The third-order valence-electron chi connectivity index (χ3n) is 4.24. The third kappa shape index (κ3) is 6.05. The van der Waals surface area contributed by atoms with E-state index in [-0.39, 0.29) is 22.1 Å². The Labute approximate surface area is 175 Å². The number of carbonyl (C=O) groups is 1. The van der Waals surface area contributed by atoms with Gasteiger partial charge in [0.15, 0.2) is 0 Å². The molecular formula is C22H22FN3O3S. The number of anilines is 2. The van der Waals surface area contributed by atoms with E-state index in [9.17, 15) is 17.6 Å². The molecule has 156 valence electrons. The van der Waals surface area contributed by atoms with Crippen molar-refractivity contribution in [2.24, 2.45) is 0 Å². The predicted molar refractivity (Wildman–Crippen MR) is 116 cm³/mol. The van der Waals surface area contributed by atoms with Crippen molar-refractivity contribution in [1.29, 1.82) is 0 Å². The molecule has 3 rings (SSSR count). The van der Waals surface area contributed by atoms with Crippen LogP contribution in [0.3, 0.4) is 0 Å². The molecular weight excluding hydrogens is 405 g/mol. The molecule has 8 heteroatoms. The smallest absolute Gasteiger partial charge is 0.261 e. The topological polar surface area (TPSA) is 87.3 Å². The van der Waals surface area contributed by atoms with Gasteiger partial charge in [0.2, 0.25) is 0 Å². The van der Waals surface area contributed by atoms with Crippen LogP contribution in [0.15, 0.2) is 83.8 Å². The van der Waals surface area contributed by atoms with E-state index in [0.717, 1.165) is 17.8 Å². The fourth-order valence-electron chi connectivity index (χ4n) is 2.72. The summed E-state index contributed by atoms with van der Waals surface area (Å²) in [6.07, 6.45) is 0.713. The van der Waals surface area contributed by atoms with E-state index < -0.39 is 15.8 Å². The number of amides is 1. The van der Waals surface area contributed by atoms with E-state index in [4.69, 9.17) is 0 Å². The average Bonchev–Trinajstić information content (AvgIpc) is 2.76. The van der Waals surface area contributed by atoms with Crippen LogP contribution in [0.5, 0.6) is 0 Å². The highest BCUT2D eigenvalue weighted by Gasteiger charge is 2.16. The highest BCUT2D eigenvalue weighted by Crippen LogP contribution is 2.17. The van der Waals surface area contributed by atoms with Gasteiger partial charge in [-0.15, -0.1) is 0 Å². The highest BCUT2D eigenvalue weighted by molar-refractivity contribution is 7.92. The van der Waals surface area contributed by atoms with Crippen molar-refractivity contribution >= 4 is 27.3 Å². The van der Waals surface area contributed by atoms with Gasteiger partial charge in [-0.1, -0.05) is 24.3 Å². The second-order valence-electron chi connectivity index (χ2n) is 6.54. The minimum absolute atomic E-state index is 0.0507. The summed E-state index contributed by atoms with van der Waals surface area (Å²) in [4.78, 5) is 12.3. The fourth-order valence-corrected chi connectivity index (χ4v) is 3.82. The fraction of sp³-hybridized carbons (Fsp3) is 0.136. The minimum atomic E-state index is -3.90. The Morgan fingerprint density at radius 3 is 2.30 bits per heavy atom. The molecule has 0 atom stereocenters. The van der Waals surface area contributed by atoms with E-state index in [1.165, 1.54) is 30.3 Å². The van der Waals surface area contributed by atoms with Crippen LogP contribution < -0.4 is 15.4 Å². The molecule has 1 amide bonds. The van der Waals surface area contributed by atoms with E-state index in [0.29, 0.717) is 19.5 Å². The van der Waals surface area contributed by atoms with Crippen LogP contribution in [0.2, 0.25) is 0 Å². The van der Waals surface area contributed by atoms with Crippen LogP contribution in [-0.2, 0) is 10.0 Å². The molecule has 0 radical (unpaired) electrons. The predicted octanol–water partition coefficient (Wildman–Crippen LogP) is 3.86. The molecule has 0 unspecified atom stereocenters. The average molecular weight is 428 g/mol. The Morgan fingerprint density at radius 2 is 1.57 bits per heavy atom. The Morgan fingerprint density at radius 1 is 0.833 bits per heavy atom. The van der Waals surface area contributed by atoms with Crippen LogP contribution in [0, 0.1) is 5.82 Å². The molecule has 3 aromatic rings. The van der Waals surface area contributed by atoms with Crippen LogP contribution in [0.4, 0.5) is 15.8 Å². The number of benzene rings is 3. The standard InChI is InChI=1S/C22H22FN3O3S/c23-18-10-12-20(13-11-18)26-30(28,29)21-9-4-6-17(16-21)22(27)25-15-5-14-24-19-7-2-1-3-8-19/h1-4,6-13,16,24,26H,5,14-15H2,(H,25,27). The zero-order chi connectivity index (χ0) is 21.4. The Bertz CT molecular complexity index is 1090. The molecule has 0 spiro atoms. The molecule has 3 N–H and O–H groups in total. The first-order valence-electron chi connectivity index (χ1n) is 9.40. The minimum Gasteiger partial charge on any atom is -0.385 e. The van der Waals surface area contributed by atoms with Gasteiger partial charge < -0.3 is 10.6 Å². The maximum Gasteiger partial charge on any atom is 0.261 e. The summed E-state index contributed by atoms with van der Waals surface area (Å²) in [6, 6.07) is 20.5. The normalized spacial score (nSPS) is 11.0. The first-order valence-corrected chi connectivity index (χ1v) is 10.9. The Hall–Kier alpha value is -3.39. The van der Waals surface area contributed by atoms with Crippen molar-refractivity contribution in [2.45, 2.75) is 11.3 Å². The number of hydrogen-bond donors (Lipinski definition) is 3. The molecule has 30 heavy (non-hydrogen) atoms. The van der Waals surface area contributed by atoms with Gasteiger partial charge in [0.05, 0.1) is 4.90 Å². The number of carbonyl (C=O) groups excluding carboxylic acids is 1. The van der Waals surface area contributed by atoms with Gasteiger partial charge >= 0.3 is 0 Å². The van der Waals surface area contributed by atoms with E-state index in [2.05, 4.69) is 15.4 Å². The van der Waals surface area contributed by atoms with Crippen LogP contribution in [0.25, 0.3) is 0 Å². The van der Waals surface area contributed by atoms with Gasteiger partial charge in [0.25, 0.3) is 15.9 Å². The van der Waals surface area contributed by atoms with Crippen molar-refractivity contribution in [3.63, 3.8) is 0 Å². The lowest BCUT2D eigenvalue weighted by Gasteiger charge is -2.10. The third-order valence-corrected chi connectivity index (χ3v) is 5.62. The number of halogens is 1. The number of hydrogen-bond acceptors (Lipinski definition) is 4. The first-order chi connectivity index (χ1) is 14.4. The summed E-state index contributed by atoms with van der Waals surface area (Å²) in [5.41, 5.74) is 1.49. The Balaban J connectivity index is 1.54.